The summed E-state index contributed by atoms with van der Waals surface area (Å²) < 4.78 is 14.8. The summed E-state index contributed by atoms with van der Waals surface area (Å²) in [5.74, 6) is 1.35. The van der Waals surface area contributed by atoms with Crippen LogP contribution in [0.1, 0.15) is 48.0 Å². The van der Waals surface area contributed by atoms with E-state index in [1.165, 1.54) is 22.2 Å². The molecule has 3 aromatic rings. The minimum Gasteiger partial charge on any atom is -0.488 e. The van der Waals surface area contributed by atoms with E-state index in [9.17, 15) is 4.79 Å². The number of fused-ring (bicyclic) bond motifs is 1. The molecule has 0 unspecified atom stereocenters. The van der Waals surface area contributed by atoms with Crippen LogP contribution in [0, 0.1) is 5.92 Å². The van der Waals surface area contributed by atoms with E-state index in [-0.39, 0.29) is 6.61 Å². The Morgan fingerprint density at radius 2 is 1.73 bits per heavy atom. The van der Waals surface area contributed by atoms with Crippen molar-refractivity contribution in [2.45, 2.75) is 65.7 Å². The lowest BCUT2D eigenvalue weighted by Gasteiger charge is -2.35. The number of carbonyl (C=O) groups is 1. The zero-order valence-corrected chi connectivity index (χ0v) is 20.9. The van der Waals surface area contributed by atoms with Gasteiger partial charge in [0.05, 0.1) is 17.7 Å². The third kappa shape index (κ3) is 6.58. The zero-order valence-electron chi connectivity index (χ0n) is 20.9. The van der Waals surface area contributed by atoms with E-state index in [1.54, 1.807) is 0 Å². The Hall–Kier alpha value is -2.85. The molecule has 1 aromatic heterocycles. The number of ether oxygens (including phenoxy) is 2. The minimum atomic E-state index is -0.461. The Bertz CT molecular complexity index is 1110. The molecular weight excluding hydrogens is 410 g/mol. The van der Waals surface area contributed by atoms with Crippen molar-refractivity contribution in [3.05, 3.63) is 66.7 Å². The smallest absolute Gasteiger partial charge is 0.147 e. The Morgan fingerprint density at radius 1 is 1.03 bits per heavy atom. The highest BCUT2D eigenvalue weighted by atomic mass is 16.5. The van der Waals surface area contributed by atoms with Crippen LogP contribution >= 0.6 is 0 Å². The van der Waals surface area contributed by atoms with E-state index in [1.807, 2.05) is 26.0 Å². The van der Waals surface area contributed by atoms with Crippen LogP contribution in [0.25, 0.3) is 22.2 Å². The van der Waals surface area contributed by atoms with E-state index >= 15 is 0 Å². The number of nitrogens with zero attached hydrogens (tertiary/aromatic N) is 1. The third-order valence-corrected chi connectivity index (χ3v) is 5.55. The van der Waals surface area contributed by atoms with Gasteiger partial charge in [-0.15, -0.1) is 0 Å². The van der Waals surface area contributed by atoms with Gasteiger partial charge in [0.2, 0.25) is 0 Å². The molecule has 0 aliphatic carbocycles. The van der Waals surface area contributed by atoms with Gasteiger partial charge in [-0.3, -0.25) is 4.79 Å². The van der Waals surface area contributed by atoms with Crippen LogP contribution in [0.5, 0.6) is 5.75 Å². The molecule has 4 nitrogen and oxygen atoms in total. The van der Waals surface area contributed by atoms with Crippen LogP contribution in [-0.4, -0.2) is 28.7 Å². The quantitative estimate of drug-likeness (QED) is 0.233. The largest absolute Gasteiger partial charge is 0.488 e. The van der Waals surface area contributed by atoms with Crippen LogP contribution in [0.15, 0.2) is 66.7 Å². The van der Waals surface area contributed by atoms with Crippen molar-refractivity contribution in [2.24, 2.45) is 5.92 Å². The van der Waals surface area contributed by atoms with Gasteiger partial charge in [-0.2, -0.15) is 0 Å². The molecule has 33 heavy (non-hydrogen) atoms. The lowest BCUT2D eigenvalue weighted by atomic mass is 9.92. The van der Waals surface area contributed by atoms with Crippen LogP contribution in [0.3, 0.4) is 0 Å². The monoisotopic (exact) mass is 447 g/mol. The predicted molar refractivity (Wildman–Crippen MR) is 137 cm³/mol. The van der Waals surface area contributed by atoms with E-state index < -0.39 is 11.2 Å². The SMILES string of the molecule is C=C(C=O)COC(C)(C)CC(C)(C)Oc1ccc2cc(-c3ccccc3)n(CC(C)C)c2c1. The van der Waals surface area contributed by atoms with Gasteiger partial charge in [-0.1, -0.05) is 50.8 Å². The maximum absolute atomic E-state index is 10.8. The van der Waals surface area contributed by atoms with Gasteiger partial charge >= 0.3 is 0 Å². The molecule has 4 heteroatoms. The van der Waals surface area contributed by atoms with Gasteiger partial charge in [0.15, 0.2) is 0 Å². The molecule has 0 saturated carbocycles. The van der Waals surface area contributed by atoms with Gasteiger partial charge in [0.25, 0.3) is 0 Å². The Labute approximate surface area is 198 Å². The average molecular weight is 448 g/mol. The summed E-state index contributed by atoms with van der Waals surface area (Å²) in [5.41, 5.74) is 3.13. The van der Waals surface area contributed by atoms with Crippen molar-refractivity contribution in [2.75, 3.05) is 6.61 Å². The highest BCUT2D eigenvalue weighted by Gasteiger charge is 2.31. The number of hydrogen-bond acceptors (Lipinski definition) is 3. The van der Waals surface area contributed by atoms with E-state index in [2.05, 4.69) is 81.3 Å². The second-order valence-electron chi connectivity index (χ2n) is 10.5. The summed E-state index contributed by atoms with van der Waals surface area (Å²) in [6.07, 6.45) is 1.40. The molecule has 1 heterocycles. The number of rotatable bonds is 11. The summed E-state index contributed by atoms with van der Waals surface area (Å²) in [6.45, 7) is 17.5. The minimum absolute atomic E-state index is 0.226. The highest BCUT2D eigenvalue weighted by molar-refractivity contribution is 5.88. The number of aromatic nitrogens is 1. The van der Waals surface area contributed by atoms with Gasteiger partial charge in [-0.25, -0.2) is 0 Å². The van der Waals surface area contributed by atoms with Gasteiger partial charge in [-0.05, 0) is 57.4 Å². The summed E-state index contributed by atoms with van der Waals surface area (Å²) in [5, 5.41) is 1.20. The number of carbonyl (C=O) groups excluding carboxylic acids is 1. The van der Waals surface area contributed by atoms with Crippen molar-refractivity contribution < 1.29 is 14.3 Å². The second-order valence-corrected chi connectivity index (χ2v) is 10.5. The summed E-state index contributed by atoms with van der Waals surface area (Å²) in [6, 6.07) is 19.1. The molecule has 2 aromatic carbocycles. The van der Waals surface area contributed by atoms with Crippen LogP contribution in [-0.2, 0) is 16.1 Å². The number of benzene rings is 2. The molecule has 0 spiro atoms. The summed E-state index contributed by atoms with van der Waals surface area (Å²) >= 11 is 0. The summed E-state index contributed by atoms with van der Waals surface area (Å²) in [7, 11) is 0. The van der Waals surface area contributed by atoms with Crippen molar-refractivity contribution in [3.8, 4) is 17.0 Å². The molecule has 0 amide bonds. The predicted octanol–water partition coefficient (Wildman–Crippen LogP) is 7.06. The Kier molecular flexibility index (Phi) is 7.48. The average Bonchev–Trinajstić information content (AvgIpc) is 3.08. The first-order valence-corrected chi connectivity index (χ1v) is 11.6. The molecular formula is C29H37NO3. The maximum Gasteiger partial charge on any atom is 0.147 e. The molecule has 0 aliphatic heterocycles. The fourth-order valence-electron chi connectivity index (χ4n) is 4.46. The molecule has 0 aliphatic rings. The topological polar surface area (TPSA) is 40.5 Å². The van der Waals surface area contributed by atoms with E-state index in [4.69, 9.17) is 9.47 Å². The van der Waals surface area contributed by atoms with Gasteiger partial charge in [0, 0.05) is 35.7 Å². The van der Waals surface area contributed by atoms with Crippen LogP contribution < -0.4 is 4.74 Å². The lowest BCUT2D eigenvalue weighted by molar-refractivity contribution is -0.106. The van der Waals surface area contributed by atoms with E-state index in [0.717, 1.165) is 18.6 Å². The van der Waals surface area contributed by atoms with Gasteiger partial charge in [0.1, 0.15) is 17.6 Å². The maximum atomic E-state index is 10.8. The number of hydrogen-bond donors (Lipinski definition) is 0. The fourth-order valence-corrected chi connectivity index (χ4v) is 4.46. The third-order valence-electron chi connectivity index (χ3n) is 5.55. The van der Waals surface area contributed by atoms with Crippen molar-refractivity contribution in [1.82, 2.24) is 4.57 Å². The van der Waals surface area contributed by atoms with Gasteiger partial charge < -0.3 is 14.0 Å². The molecule has 0 N–H and O–H groups in total. The molecule has 0 saturated heterocycles. The molecule has 3 rings (SSSR count). The van der Waals surface area contributed by atoms with Crippen molar-refractivity contribution in [3.63, 3.8) is 0 Å². The Morgan fingerprint density at radius 3 is 2.36 bits per heavy atom. The second kappa shape index (κ2) is 9.96. The molecule has 0 radical (unpaired) electrons. The Balaban J connectivity index is 1.88. The zero-order chi connectivity index (χ0) is 24.2. The van der Waals surface area contributed by atoms with E-state index in [0.29, 0.717) is 17.9 Å². The first kappa shape index (κ1) is 24.8. The lowest BCUT2D eigenvalue weighted by Crippen LogP contribution is -2.39. The molecule has 0 atom stereocenters. The fraction of sp³-hybridized carbons (Fsp3) is 0.414. The van der Waals surface area contributed by atoms with Crippen molar-refractivity contribution >= 4 is 17.2 Å². The standard InChI is InChI=1S/C29H37NO3/c1-21(2)17-30-26(23-11-9-8-10-12-23)15-24-13-14-25(16-27(24)30)33-29(6,7)20-28(4,5)32-19-22(3)18-31/h8-16,18,21H,3,17,19-20H2,1-2,4-7H3. The molecule has 176 valence electrons. The first-order valence-electron chi connectivity index (χ1n) is 11.6. The van der Waals surface area contributed by atoms with Crippen molar-refractivity contribution in [1.29, 1.82) is 0 Å². The molecule has 0 bridgehead atoms. The number of aldehydes is 1. The molecule has 0 fully saturated rings. The van der Waals surface area contributed by atoms with Crippen LogP contribution in [0.4, 0.5) is 0 Å². The van der Waals surface area contributed by atoms with Crippen LogP contribution in [0.2, 0.25) is 0 Å². The summed E-state index contributed by atoms with van der Waals surface area (Å²) in [4.78, 5) is 10.8. The highest BCUT2D eigenvalue weighted by Crippen LogP contribution is 2.34. The normalized spacial score (nSPS) is 12.3. The first-order chi connectivity index (χ1) is 15.5.